The van der Waals surface area contributed by atoms with Crippen molar-refractivity contribution in [2.45, 2.75) is 65.3 Å². The maximum Gasteiger partial charge on any atom is 0.246 e. The van der Waals surface area contributed by atoms with Crippen LogP contribution < -0.4 is 10.6 Å². The van der Waals surface area contributed by atoms with E-state index >= 15 is 0 Å². The Morgan fingerprint density at radius 3 is 2.44 bits per heavy atom. The number of ether oxygens (including phenoxy) is 2. The molecular weight excluding hydrogens is 568 g/mol. The van der Waals surface area contributed by atoms with Crippen molar-refractivity contribution in [3.05, 3.63) is 41.0 Å². The number of aliphatic hydroxyl groups is 1. The van der Waals surface area contributed by atoms with Gasteiger partial charge in [0.05, 0.1) is 48.6 Å². The summed E-state index contributed by atoms with van der Waals surface area (Å²) >= 11 is 7.13. The number of benzene rings is 1. The van der Waals surface area contributed by atoms with Crippen molar-refractivity contribution in [1.29, 1.82) is 0 Å². The standard InChI is InChI=1S/C29H41ClN4O6S/c1-19-25(41-18-32-19)21-7-5-20(6-8-21)16-31-27(37)23-15-22(35)17-34(23)28(38)26(29(2,3)4)33-24(36)9-11-39-13-14-40-12-10-30/h5-8,18,22-23,26,35H,9-17H2,1-4H3,(H,31,37)(H,33,36). The van der Waals surface area contributed by atoms with Gasteiger partial charge in [0.15, 0.2) is 0 Å². The predicted octanol–water partition coefficient (Wildman–Crippen LogP) is 2.89. The molecule has 1 fully saturated rings. The smallest absolute Gasteiger partial charge is 0.246 e. The molecule has 0 aliphatic carbocycles. The van der Waals surface area contributed by atoms with Crippen LogP contribution in [0.2, 0.25) is 0 Å². The number of rotatable bonds is 14. The number of aryl methyl sites for hydroxylation is 1. The largest absolute Gasteiger partial charge is 0.391 e. The van der Waals surface area contributed by atoms with Crippen LogP contribution in [-0.2, 0) is 30.4 Å². The van der Waals surface area contributed by atoms with Gasteiger partial charge in [-0.2, -0.15) is 0 Å². The maximum atomic E-state index is 13.7. The van der Waals surface area contributed by atoms with Crippen LogP contribution in [0.1, 0.15) is 44.9 Å². The minimum Gasteiger partial charge on any atom is -0.391 e. The highest BCUT2D eigenvalue weighted by molar-refractivity contribution is 7.13. The number of nitrogens with one attached hydrogen (secondary N) is 2. The molecule has 2 heterocycles. The predicted molar refractivity (Wildman–Crippen MR) is 159 cm³/mol. The summed E-state index contributed by atoms with van der Waals surface area (Å²) < 4.78 is 10.7. The van der Waals surface area contributed by atoms with E-state index in [4.69, 9.17) is 21.1 Å². The Balaban J connectivity index is 1.57. The second kappa shape index (κ2) is 15.6. The molecule has 1 aromatic heterocycles. The molecule has 1 saturated heterocycles. The second-order valence-electron chi connectivity index (χ2n) is 11.1. The topological polar surface area (TPSA) is 130 Å². The molecule has 2 aromatic rings. The molecule has 0 saturated carbocycles. The van der Waals surface area contributed by atoms with Gasteiger partial charge in [0.2, 0.25) is 17.7 Å². The molecule has 10 nitrogen and oxygen atoms in total. The van der Waals surface area contributed by atoms with Gasteiger partial charge in [-0.15, -0.1) is 22.9 Å². The summed E-state index contributed by atoms with van der Waals surface area (Å²) in [7, 11) is 0. The number of hydrogen-bond acceptors (Lipinski definition) is 8. The minimum absolute atomic E-state index is 0.0215. The van der Waals surface area contributed by atoms with Crippen molar-refractivity contribution in [3.8, 4) is 10.4 Å². The van der Waals surface area contributed by atoms with Crippen molar-refractivity contribution in [1.82, 2.24) is 20.5 Å². The fourth-order valence-electron chi connectivity index (χ4n) is 4.55. The quantitative estimate of drug-likeness (QED) is 0.222. The summed E-state index contributed by atoms with van der Waals surface area (Å²) in [5.41, 5.74) is 4.13. The highest BCUT2D eigenvalue weighted by atomic mass is 35.5. The molecule has 1 aliphatic heterocycles. The van der Waals surface area contributed by atoms with Crippen molar-refractivity contribution in [2.24, 2.45) is 5.41 Å². The number of carbonyl (C=O) groups excluding carboxylic acids is 3. The lowest BCUT2D eigenvalue weighted by atomic mass is 9.85. The number of aromatic nitrogens is 1. The van der Waals surface area contributed by atoms with E-state index < -0.39 is 29.5 Å². The van der Waals surface area contributed by atoms with Crippen LogP contribution in [0.25, 0.3) is 10.4 Å². The molecule has 3 rings (SSSR count). The number of nitrogens with zero attached hydrogens (tertiary/aromatic N) is 2. The van der Waals surface area contributed by atoms with Crippen LogP contribution in [0.4, 0.5) is 0 Å². The monoisotopic (exact) mass is 608 g/mol. The van der Waals surface area contributed by atoms with Gasteiger partial charge in [0.1, 0.15) is 12.1 Å². The van der Waals surface area contributed by atoms with E-state index in [0.29, 0.717) is 25.7 Å². The van der Waals surface area contributed by atoms with E-state index in [9.17, 15) is 19.5 Å². The lowest BCUT2D eigenvalue weighted by Crippen LogP contribution is -2.57. The Kier molecular flexibility index (Phi) is 12.5. The normalized spacial score (nSPS) is 17.9. The molecule has 3 atom stereocenters. The Morgan fingerprint density at radius 2 is 1.83 bits per heavy atom. The number of thiazole rings is 1. The number of alkyl halides is 1. The molecule has 1 aromatic carbocycles. The molecule has 0 radical (unpaired) electrons. The van der Waals surface area contributed by atoms with E-state index in [-0.39, 0.29) is 44.4 Å². The van der Waals surface area contributed by atoms with Gasteiger partial charge >= 0.3 is 0 Å². The second-order valence-corrected chi connectivity index (χ2v) is 12.3. The van der Waals surface area contributed by atoms with Crippen LogP contribution in [0.15, 0.2) is 29.8 Å². The van der Waals surface area contributed by atoms with Crippen LogP contribution in [0, 0.1) is 12.3 Å². The zero-order chi connectivity index (χ0) is 30.0. The van der Waals surface area contributed by atoms with Crippen molar-refractivity contribution in [3.63, 3.8) is 0 Å². The molecule has 3 N–H and O–H groups in total. The first-order valence-electron chi connectivity index (χ1n) is 13.8. The molecule has 1 aliphatic rings. The van der Waals surface area contributed by atoms with E-state index in [1.54, 1.807) is 11.3 Å². The minimum atomic E-state index is -0.884. The van der Waals surface area contributed by atoms with Crippen LogP contribution in [-0.4, -0.2) is 89.8 Å². The van der Waals surface area contributed by atoms with Crippen LogP contribution in [0.3, 0.4) is 0 Å². The molecule has 3 amide bonds. The highest BCUT2D eigenvalue weighted by Gasteiger charge is 2.44. The number of halogens is 1. The Labute approximate surface area is 250 Å². The SMILES string of the molecule is Cc1ncsc1-c1ccc(CNC(=O)C2CC(O)CN2C(=O)C(NC(=O)CCOCCOCCCl)C(C)(C)C)cc1. The van der Waals surface area contributed by atoms with Gasteiger partial charge in [0.25, 0.3) is 0 Å². The van der Waals surface area contributed by atoms with Crippen molar-refractivity contribution < 1.29 is 29.0 Å². The Morgan fingerprint density at radius 1 is 1.15 bits per heavy atom. The first-order valence-corrected chi connectivity index (χ1v) is 15.2. The summed E-state index contributed by atoms with van der Waals surface area (Å²) in [5.74, 6) is -0.676. The molecular formula is C29H41ClN4O6S. The molecule has 226 valence electrons. The van der Waals surface area contributed by atoms with Crippen LogP contribution >= 0.6 is 22.9 Å². The number of carbonyl (C=O) groups is 3. The van der Waals surface area contributed by atoms with Gasteiger partial charge < -0.3 is 30.1 Å². The maximum absolute atomic E-state index is 13.7. The molecule has 41 heavy (non-hydrogen) atoms. The van der Waals surface area contributed by atoms with Crippen molar-refractivity contribution >= 4 is 40.7 Å². The van der Waals surface area contributed by atoms with E-state index in [2.05, 4.69) is 15.6 Å². The Bertz CT molecular complexity index is 1150. The first-order chi connectivity index (χ1) is 19.5. The van der Waals surface area contributed by atoms with E-state index in [0.717, 1.165) is 21.7 Å². The highest BCUT2D eigenvalue weighted by Crippen LogP contribution is 2.28. The number of β-amino-alcohol motifs (C(OH)–C–C–N with tert-alkyl or cyclic N) is 1. The summed E-state index contributed by atoms with van der Waals surface area (Å²) in [6.07, 6.45) is -0.628. The van der Waals surface area contributed by atoms with Gasteiger partial charge in [0, 0.05) is 31.8 Å². The summed E-state index contributed by atoms with van der Waals surface area (Å²) in [6, 6.07) is 6.16. The lowest BCUT2D eigenvalue weighted by molar-refractivity contribution is -0.144. The third kappa shape index (κ3) is 9.75. The average Bonchev–Trinajstić information content (AvgIpc) is 3.54. The lowest BCUT2D eigenvalue weighted by Gasteiger charge is -2.35. The van der Waals surface area contributed by atoms with E-state index in [1.807, 2.05) is 57.5 Å². The third-order valence-electron chi connectivity index (χ3n) is 6.78. The fourth-order valence-corrected chi connectivity index (χ4v) is 5.48. The fraction of sp³-hybridized carbons (Fsp3) is 0.586. The zero-order valence-corrected chi connectivity index (χ0v) is 25.7. The molecule has 3 unspecified atom stereocenters. The van der Waals surface area contributed by atoms with Gasteiger partial charge in [-0.3, -0.25) is 14.4 Å². The van der Waals surface area contributed by atoms with Gasteiger partial charge in [-0.25, -0.2) is 4.98 Å². The summed E-state index contributed by atoms with van der Waals surface area (Å²) in [4.78, 5) is 46.3. The third-order valence-corrected chi connectivity index (χ3v) is 7.91. The van der Waals surface area contributed by atoms with E-state index in [1.165, 1.54) is 4.90 Å². The number of hydrogen-bond donors (Lipinski definition) is 3. The Hall–Kier alpha value is -2.57. The number of aliphatic hydroxyl groups excluding tert-OH is 1. The number of likely N-dealkylation sites (tertiary alicyclic amines) is 1. The zero-order valence-electron chi connectivity index (χ0n) is 24.2. The molecule has 0 bridgehead atoms. The number of amides is 3. The first kappa shape index (κ1) is 32.9. The molecule has 12 heteroatoms. The van der Waals surface area contributed by atoms with Gasteiger partial charge in [-0.05, 0) is 23.5 Å². The summed E-state index contributed by atoms with van der Waals surface area (Å²) in [6.45, 7) is 9.15. The molecule has 0 spiro atoms. The van der Waals surface area contributed by atoms with Crippen LogP contribution in [0.5, 0.6) is 0 Å². The van der Waals surface area contributed by atoms with Gasteiger partial charge in [-0.1, -0.05) is 45.0 Å². The summed E-state index contributed by atoms with van der Waals surface area (Å²) in [5, 5.41) is 16.1. The van der Waals surface area contributed by atoms with Crippen molar-refractivity contribution in [2.75, 3.05) is 38.9 Å². The average molecular weight is 609 g/mol.